The van der Waals surface area contributed by atoms with Crippen molar-refractivity contribution < 1.29 is 28.8 Å². The van der Waals surface area contributed by atoms with Gasteiger partial charge in [0, 0.05) is 53.5 Å². The average molecular weight is 994 g/mol. The van der Waals surface area contributed by atoms with Gasteiger partial charge in [0.25, 0.3) is 0 Å². The maximum atomic E-state index is 13.9. The second-order valence-corrected chi connectivity index (χ2v) is 21.2. The fourth-order valence-electron chi connectivity index (χ4n) is 10.4. The van der Waals surface area contributed by atoms with Crippen LogP contribution in [0, 0.1) is 24.7 Å². The van der Waals surface area contributed by atoms with Crippen LogP contribution in [0.25, 0.3) is 11.3 Å². The summed E-state index contributed by atoms with van der Waals surface area (Å²) in [4.78, 5) is 87.9. The van der Waals surface area contributed by atoms with Gasteiger partial charge in [-0.05, 0) is 98.1 Å². The van der Waals surface area contributed by atoms with Crippen molar-refractivity contribution in [2.24, 2.45) is 17.8 Å². The summed E-state index contributed by atoms with van der Waals surface area (Å²) in [5.41, 5.74) is 3.66. The van der Waals surface area contributed by atoms with Crippen molar-refractivity contribution in [2.75, 3.05) is 32.5 Å². The zero-order chi connectivity index (χ0) is 49.7. The Morgan fingerprint density at radius 1 is 0.729 bits per heavy atom. The van der Waals surface area contributed by atoms with Gasteiger partial charge in [-0.3, -0.25) is 28.8 Å². The van der Waals surface area contributed by atoms with Crippen LogP contribution >= 0.6 is 22.9 Å². The number of aromatic nitrogens is 3. The van der Waals surface area contributed by atoms with E-state index in [9.17, 15) is 28.8 Å². The Kier molecular flexibility index (Phi) is 19.0. The molecule has 6 unspecified atom stereocenters. The number of hydrogen-bond acceptors (Lipinski definition) is 13. The first kappa shape index (κ1) is 52.6. The fourth-order valence-corrected chi connectivity index (χ4v) is 12.0. The number of benzene rings is 2. The normalized spacial score (nSPS) is 20.4. The van der Waals surface area contributed by atoms with Crippen LogP contribution in [0.3, 0.4) is 0 Å². The van der Waals surface area contributed by atoms with E-state index >= 15 is 0 Å². The molecule has 2 saturated heterocycles. The molecule has 8 rings (SSSR count). The number of amides is 4. The first-order valence-electron chi connectivity index (χ1n) is 25.4. The summed E-state index contributed by atoms with van der Waals surface area (Å²) in [5.74, 6) is -0.398. The van der Waals surface area contributed by atoms with Gasteiger partial charge >= 0.3 is 0 Å². The van der Waals surface area contributed by atoms with Crippen LogP contribution in [0.5, 0.6) is 0 Å². The molecule has 2 aromatic carbocycles. The summed E-state index contributed by atoms with van der Waals surface area (Å²) < 4.78 is 4.02. The van der Waals surface area contributed by atoms with Gasteiger partial charge in [0.2, 0.25) is 29.4 Å². The molecule has 4 heterocycles. The molecule has 2 saturated carbocycles. The first-order valence-corrected chi connectivity index (χ1v) is 27.1. The minimum absolute atomic E-state index is 0.0870. The van der Waals surface area contributed by atoms with Crippen molar-refractivity contribution in [3.05, 3.63) is 81.8 Å². The number of ketones is 2. The molecule has 15 nitrogen and oxygen atoms in total. The molecule has 4 aromatic rings. The number of Topliss-reactive ketones (excluding diaryl/α,β-unsaturated/α-hetero) is 1. The van der Waals surface area contributed by atoms with E-state index < -0.39 is 18.1 Å². The molecule has 2 aliphatic carbocycles. The molecule has 17 heteroatoms. The standard InChI is InChI=1S/C28H37N3O3S.C25H34N6O3S/c1-18-11-13-21(14-12-18)26(33)23-17-35-27(30-23)24-10-7-15-31(24)28(34)22(16-25(32)19(2)29-3)20-8-5-4-6-9-20;1-16(26-2)22(32)27-21(18-12-7-4-8-13-18)25(34)31-15-9-14-19(31)23(33)28-24-20(29-30-35-24)17-10-5-3-6-11-17/h11-14,17,19-20,22,24,29H,4-10,15-16H2,1-3H3;3,5-6,10-11,16,18-19,21,26H,4,7-9,12-15H2,1-2H3,(H,27,32)(H,28,33). The van der Waals surface area contributed by atoms with E-state index in [-0.39, 0.29) is 65.0 Å². The molecule has 4 aliphatic rings. The lowest BCUT2D eigenvalue weighted by Gasteiger charge is -2.35. The third-order valence-electron chi connectivity index (χ3n) is 14.9. The van der Waals surface area contributed by atoms with Crippen LogP contribution in [0.1, 0.15) is 143 Å². The number of likely N-dealkylation sites (tertiary alicyclic amines) is 2. The highest BCUT2D eigenvalue weighted by Crippen LogP contribution is 2.40. The van der Waals surface area contributed by atoms with Crippen LogP contribution in [0.15, 0.2) is 60.0 Å². The molecule has 2 aliphatic heterocycles. The predicted octanol–water partition coefficient (Wildman–Crippen LogP) is 7.92. The van der Waals surface area contributed by atoms with Crippen molar-refractivity contribution in [3.8, 4) is 11.3 Å². The number of anilines is 1. The molecule has 70 heavy (non-hydrogen) atoms. The van der Waals surface area contributed by atoms with Crippen molar-refractivity contribution in [1.82, 2.24) is 40.3 Å². The average Bonchev–Trinajstić information content (AvgIpc) is 4.26. The molecule has 2 aromatic heterocycles. The Morgan fingerprint density at radius 2 is 1.37 bits per heavy atom. The highest BCUT2D eigenvalue weighted by molar-refractivity contribution is 7.10. The molecule has 4 N–H and O–H groups in total. The minimum Gasteiger partial charge on any atom is -0.343 e. The largest absolute Gasteiger partial charge is 0.343 e. The third kappa shape index (κ3) is 13.0. The number of rotatable bonds is 17. The van der Waals surface area contributed by atoms with Crippen LogP contribution in [0.2, 0.25) is 0 Å². The Bertz CT molecular complexity index is 2400. The Morgan fingerprint density at radius 3 is 2.04 bits per heavy atom. The molecular formula is C53H71N9O6S2. The lowest BCUT2D eigenvalue weighted by Crippen LogP contribution is -2.57. The van der Waals surface area contributed by atoms with E-state index in [0.717, 1.165) is 105 Å². The molecule has 376 valence electrons. The highest BCUT2D eigenvalue weighted by Gasteiger charge is 2.42. The van der Waals surface area contributed by atoms with Crippen LogP contribution in [-0.2, 0) is 24.0 Å². The second kappa shape index (κ2) is 25.2. The van der Waals surface area contributed by atoms with E-state index in [0.29, 0.717) is 47.9 Å². The van der Waals surface area contributed by atoms with E-state index in [1.165, 1.54) is 17.8 Å². The Balaban J connectivity index is 0.000000206. The summed E-state index contributed by atoms with van der Waals surface area (Å²) in [5, 5.41) is 19.3. The number of carbonyl (C=O) groups excluding carboxylic acids is 6. The van der Waals surface area contributed by atoms with Gasteiger partial charge < -0.3 is 31.1 Å². The van der Waals surface area contributed by atoms with Crippen LogP contribution < -0.4 is 21.3 Å². The van der Waals surface area contributed by atoms with Crippen molar-refractivity contribution >= 4 is 63.1 Å². The van der Waals surface area contributed by atoms with E-state index in [2.05, 4.69) is 30.9 Å². The summed E-state index contributed by atoms with van der Waals surface area (Å²) >= 11 is 2.58. The van der Waals surface area contributed by atoms with Gasteiger partial charge in [-0.2, -0.15) is 0 Å². The molecule has 4 amide bonds. The molecule has 4 fully saturated rings. The summed E-state index contributed by atoms with van der Waals surface area (Å²) in [6, 6.07) is 15.1. The van der Waals surface area contributed by atoms with Gasteiger partial charge in [0.1, 0.15) is 39.3 Å². The zero-order valence-electron chi connectivity index (χ0n) is 41.4. The number of thiazole rings is 1. The molecule has 0 radical (unpaired) electrons. The van der Waals surface area contributed by atoms with E-state index in [4.69, 9.17) is 4.98 Å². The zero-order valence-corrected chi connectivity index (χ0v) is 43.0. The molecule has 0 bridgehead atoms. The topological polar surface area (TPSA) is 196 Å². The minimum atomic E-state index is -0.614. The number of carbonyl (C=O) groups is 6. The van der Waals surface area contributed by atoms with E-state index in [1.54, 1.807) is 25.9 Å². The monoisotopic (exact) mass is 993 g/mol. The van der Waals surface area contributed by atoms with E-state index in [1.807, 2.05) is 78.7 Å². The van der Waals surface area contributed by atoms with Gasteiger partial charge in [-0.15, -0.1) is 16.4 Å². The number of aryl methyl sites for hydroxylation is 1. The van der Waals surface area contributed by atoms with Crippen LogP contribution in [-0.4, -0.2) is 111 Å². The molecule has 0 spiro atoms. The molecule has 6 atom stereocenters. The second-order valence-electron chi connectivity index (χ2n) is 19.5. The lowest BCUT2D eigenvalue weighted by atomic mass is 9.76. The van der Waals surface area contributed by atoms with Crippen molar-refractivity contribution in [3.63, 3.8) is 0 Å². The van der Waals surface area contributed by atoms with Crippen LogP contribution in [0.4, 0.5) is 5.00 Å². The lowest BCUT2D eigenvalue weighted by molar-refractivity contribution is -0.142. The first-order chi connectivity index (χ1) is 33.9. The van der Waals surface area contributed by atoms with Gasteiger partial charge in [-0.1, -0.05) is 103 Å². The van der Waals surface area contributed by atoms with Crippen molar-refractivity contribution in [1.29, 1.82) is 0 Å². The summed E-state index contributed by atoms with van der Waals surface area (Å²) in [7, 11) is 3.51. The molecular weight excluding hydrogens is 923 g/mol. The third-order valence-corrected chi connectivity index (χ3v) is 16.5. The number of hydrogen-bond donors (Lipinski definition) is 4. The number of nitrogens with one attached hydrogen (secondary N) is 4. The fraction of sp³-hybridized carbons (Fsp3) is 0.566. The Labute approximate surface area is 420 Å². The number of nitrogens with zero attached hydrogens (tertiary/aromatic N) is 5. The van der Waals surface area contributed by atoms with Gasteiger partial charge in [0.05, 0.1) is 18.1 Å². The van der Waals surface area contributed by atoms with Gasteiger partial charge in [0.15, 0.2) is 0 Å². The smallest absolute Gasteiger partial charge is 0.247 e. The predicted molar refractivity (Wildman–Crippen MR) is 274 cm³/mol. The number of likely N-dealkylation sites (N-methyl/N-ethyl adjacent to an activating group) is 2. The maximum absolute atomic E-state index is 13.9. The highest BCUT2D eigenvalue weighted by atomic mass is 32.1. The van der Waals surface area contributed by atoms with Crippen molar-refractivity contribution in [2.45, 2.75) is 147 Å². The summed E-state index contributed by atoms with van der Waals surface area (Å²) in [6.45, 7) is 6.82. The Hall–Kier alpha value is -5.23. The quantitative estimate of drug-likeness (QED) is 0.0751. The SMILES string of the molecule is CNC(C)C(=O)CC(C(=O)N1CCCC1c1nc(C(=O)c2ccc(C)cc2)cs1)C1CCCCC1.CNC(C)C(=O)NC(C(=O)N1CCCC1C(=O)Nc1snnc1-c1ccccc1)C1CCCCC1. The van der Waals surface area contributed by atoms with Gasteiger partial charge in [-0.25, -0.2) is 4.98 Å². The summed E-state index contributed by atoms with van der Waals surface area (Å²) in [6.07, 6.45) is 13.9. The maximum Gasteiger partial charge on any atom is 0.247 e.